The van der Waals surface area contributed by atoms with Crippen molar-refractivity contribution < 1.29 is 19.2 Å². The van der Waals surface area contributed by atoms with Gasteiger partial charge in [0, 0.05) is 19.1 Å². The van der Waals surface area contributed by atoms with Gasteiger partial charge in [0.1, 0.15) is 6.54 Å². The Hall–Kier alpha value is -2.22. The third-order valence-electron chi connectivity index (χ3n) is 3.46. The van der Waals surface area contributed by atoms with Gasteiger partial charge in [-0.25, -0.2) is 9.69 Å². The molecule has 2 aliphatic rings. The quantitative estimate of drug-likeness (QED) is 0.365. The van der Waals surface area contributed by atoms with Crippen LogP contribution in [0.5, 0.6) is 0 Å². The third kappa shape index (κ3) is 3.27. The van der Waals surface area contributed by atoms with Crippen LogP contribution in [0, 0.1) is 0 Å². The largest absolute Gasteiger partial charge is 0.353 e. The SMILES string of the molecule is C=CCN1C(=O)C(=O)N(CC(=O)NCC2CCCN2)C1=O. The molecular formula is C13H18N4O4. The lowest BCUT2D eigenvalue weighted by molar-refractivity contribution is -0.143. The van der Waals surface area contributed by atoms with Crippen LogP contribution in [0.25, 0.3) is 0 Å². The Balaban J connectivity index is 1.87. The highest BCUT2D eigenvalue weighted by molar-refractivity contribution is 6.45. The van der Waals surface area contributed by atoms with Crippen molar-refractivity contribution in [1.29, 1.82) is 0 Å². The van der Waals surface area contributed by atoms with Crippen molar-refractivity contribution in [2.75, 3.05) is 26.2 Å². The second kappa shape index (κ2) is 6.49. The fraction of sp³-hybridized carbons (Fsp3) is 0.538. The predicted molar refractivity (Wildman–Crippen MR) is 73.1 cm³/mol. The van der Waals surface area contributed by atoms with Crippen LogP contribution in [-0.4, -0.2) is 65.8 Å². The molecule has 0 spiro atoms. The normalized spacial score (nSPS) is 22.1. The Morgan fingerprint density at radius 1 is 1.33 bits per heavy atom. The fourth-order valence-corrected chi connectivity index (χ4v) is 2.35. The summed E-state index contributed by atoms with van der Waals surface area (Å²) in [5.41, 5.74) is 0. The molecule has 0 aliphatic carbocycles. The van der Waals surface area contributed by atoms with Crippen LogP contribution in [0.2, 0.25) is 0 Å². The summed E-state index contributed by atoms with van der Waals surface area (Å²) >= 11 is 0. The number of rotatable bonds is 6. The van der Waals surface area contributed by atoms with Gasteiger partial charge in [0.2, 0.25) is 5.91 Å². The van der Waals surface area contributed by atoms with Gasteiger partial charge in [-0.1, -0.05) is 6.08 Å². The van der Waals surface area contributed by atoms with E-state index in [1.807, 2.05) is 0 Å². The van der Waals surface area contributed by atoms with Gasteiger partial charge >= 0.3 is 17.8 Å². The zero-order valence-electron chi connectivity index (χ0n) is 11.6. The molecule has 0 aromatic heterocycles. The monoisotopic (exact) mass is 294 g/mol. The molecule has 1 atom stereocenters. The number of urea groups is 1. The summed E-state index contributed by atoms with van der Waals surface area (Å²) < 4.78 is 0. The van der Waals surface area contributed by atoms with E-state index in [1.54, 1.807) is 0 Å². The minimum Gasteiger partial charge on any atom is -0.353 e. The molecule has 8 heteroatoms. The number of imide groups is 2. The first-order chi connectivity index (χ1) is 10.0. The smallest absolute Gasteiger partial charge is 0.335 e. The molecule has 0 radical (unpaired) electrons. The van der Waals surface area contributed by atoms with E-state index in [0.29, 0.717) is 11.4 Å². The summed E-state index contributed by atoms with van der Waals surface area (Å²) in [6.07, 6.45) is 3.39. The number of nitrogens with zero attached hydrogens (tertiary/aromatic N) is 2. The highest BCUT2D eigenvalue weighted by atomic mass is 16.2. The molecule has 1 unspecified atom stereocenters. The number of hydrogen-bond donors (Lipinski definition) is 2. The van der Waals surface area contributed by atoms with Crippen molar-refractivity contribution in [1.82, 2.24) is 20.4 Å². The Labute approximate surface area is 122 Å². The van der Waals surface area contributed by atoms with Crippen LogP contribution in [0.4, 0.5) is 4.79 Å². The van der Waals surface area contributed by atoms with Crippen molar-refractivity contribution in [2.24, 2.45) is 0 Å². The van der Waals surface area contributed by atoms with Gasteiger partial charge in [-0.2, -0.15) is 0 Å². The third-order valence-corrected chi connectivity index (χ3v) is 3.46. The summed E-state index contributed by atoms with van der Waals surface area (Å²) in [5, 5.41) is 5.88. The first-order valence-corrected chi connectivity index (χ1v) is 6.83. The lowest BCUT2D eigenvalue weighted by Crippen LogP contribution is -2.44. The molecule has 2 rings (SSSR count). The van der Waals surface area contributed by atoms with Gasteiger partial charge < -0.3 is 10.6 Å². The minimum atomic E-state index is -0.976. The van der Waals surface area contributed by atoms with Gasteiger partial charge in [-0.15, -0.1) is 6.58 Å². The van der Waals surface area contributed by atoms with E-state index in [-0.39, 0.29) is 12.6 Å². The Morgan fingerprint density at radius 2 is 2.05 bits per heavy atom. The van der Waals surface area contributed by atoms with E-state index < -0.39 is 30.3 Å². The fourth-order valence-electron chi connectivity index (χ4n) is 2.35. The standard InChI is InChI=1S/C13H18N4O4/c1-2-6-16-11(19)12(20)17(13(16)21)8-10(18)15-7-9-4-3-5-14-9/h2,9,14H,1,3-8H2,(H,15,18). The van der Waals surface area contributed by atoms with Gasteiger partial charge in [0.25, 0.3) is 0 Å². The average molecular weight is 294 g/mol. The Morgan fingerprint density at radius 3 is 2.67 bits per heavy atom. The van der Waals surface area contributed by atoms with Crippen LogP contribution < -0.4 is 10.6 Å². The van der Waals surface area contributed by atoms with Crippen molar-refractivity contribution in [2.45, 2.75) is 18.9 Å². The summed E-state index contributed by atoms with van der Waals surface area (Å²) in [4.78, 5) is 48.4. The van der Waals surface area contributed by atoms with Gasteiger partial charge in [-0.3, -0.25) is 19.3 Å². The van der Waals surface area contributed by atoms with Gasteiger partial charge in [0.05, 0.1) is 0 Å². The van der Waals surface area contributed by atoms with Crippen molar-refractivity contribution in [3.8, 4) is 0 Å². The van der Waals surface area contributed by atoms with E-state index in [1.165, 1.54) is 6.08 Å². The molecule has 2 fully saturated rings. The molecule has 0 bridgehead atoms. The molecule has 0 aromatic carbocycles. The summed E-state index contributed by atoms with van der Waals surface area (Å²) in [5.74, 6) is -2.36. The van der Waals surface area contributed by atoms with Crippen molar-refractivity contribution in [3.05, 3.63) is 12.7 Å². The molecule has 2 aliphatic heterocycles. The molecule has 5 amide bonds. The van der Waals surface area contributed by atoms with Crippen LogP contribution >= 0.6 is 0 Å². The minimum absolute atomic E-state index is 0.0481. The molecule has 2 heterocycles. The van der Waals surface area contributed by atoms with E-state index in [9.17, 15) is 19.2 Å². The highest BCUT2D eigenvalue weighted by Gasteiger charge is 2.44. The maximum atomic E-state index is 11.9. The number of carbonyl (C=O) groups is 4. The molecule has 0 saturated carbocycles. The average Bonchev–Trinajstić information content (AvgIpc) is 3.04. The molecular weight excluding hydrogens is 276 g/mol. The molecule has 0 aromatic rings. The zero-order valence-corrected chi connectivity index (χ0v) is 11.6. The first-order valence-electron chi connectivity index (χ1n) is 6.83. The second-order valence-corrected chi connectivity index (χ2v) is 4.98. The van der Waals surface area contributed by atoms with Crippen molar-refractivity contribution >= 4 is 23.8 Å². The van der Waals surface area contributed by atoms with E-state index in [4.69, 9.17) is 0 Å². The molecule has 2 saturated heterocycles. The van der Waals surface area contributed by atoms with E-state index >= 15 is 0 Å². The number of carbonyl (C=O) groups excluding carboxylic acids is 4. The van der Waals surface area contributed by atoms with Gasteiger partial charge in [-0.05, 0) is 19.4 Å². The first kappa shape index (κ1) is 15.2. The molecule has 8 nitrogen and oxygen atoms in total. The Bertz CT molecular complexity index is 485. The molecule has 114 valence electrons. The summed E-state index contributed by atoms with van der Waals surface area (Å²) in [6, 6.07) is -0.558. The number of nitrogens with one attached hydrogen (secondary N) is 2. The molecule has 21 heavy (non-hydrogen) atoms. The zero-order chi connectivity index (χ0) is 15.4. The Kier molecular flexibility index (Phi) is 4.69. The second-order valence-electron chi connectivity index (χ2n) is 4.98. The maximum absolute atomic E-state index is 11.9. The molecule has 2 N–H and O–H groups in total. The van der Waals surface area contributed by atoms with Crippen LogP contribution in [-0.2, 0) is 14.4 Å². The number of hydrogen-bond acceptors (Lipinski definition) is 5. The van der Waals surface area contributed by atoms with Crippen LogP contribution in [0.15, 0.2) is 12.7 Å². The van der Waals surface area contributed by atoms with E-state index in [2.05, 4.69) is 17.2 Å². The summed E-state index contributed by atoms with van der Waals surface area (Å²) in [7, 11) is 0. The lowest BCUT2D eigenvalue weighted by Gasteiger charge is -2.15. The topological polar surface area (TPSA) is 98.8 Å². The highest BCUT2D eigenvalue weighted by Crippen LogP contribution is 2.11. The lowest BCUT2D eigenvalue weighted by atomic mass is 10.2. The summed E-state index contributed by atoms with van der Waals surface area (Å²) in [6.45, 7) is 4.30. The maximum Gasteiger partial charge on any atom is 0.335 e. The van der Waals surface area contributed by atoms with E-state index in [0.717, 1.165) is 24.3 Å². The predicted octanol–water partition coefficient (Wildman–Crippen LogP) is -1.17. The van der Waals surface area contributed by atoms with Crippen LogP contribution in [0.3, 0.4) is 0 Å². The number of amides is 5. The van der Waals surface area contributed by atoms with Crippen molar-refractivity contribution in [3.63, 3.8) is 0 Å². The van der Waals surface area contributed by atoms with Gasteiger partial charge in [0.15, 0.2) is 0 Å². The van der Waals surface area contributed by atoms with Crippen LogP contribution in [0.1, 0.15) is 12.8 Å².